The van der Waals surface area contributed by atoms with E-state index in [0.717, 1.165) is 13.1 Å². The van der Waals surface area contributed by atoms with E-state index >= 15 is 0 Å². The van der Waals surface area contributed by atoms with Crippen LogP contribution in [0.25, 0.3) is 0 Å². The van der Waals surface area contributed by atoms with Gasteiger partial charge in [0, 0.05) is 42.2 Å². The van der Waals surface area contributed by atoms with Gasteiger partial charge in [-0.1, -0.05) is 12.1 Å². The Morgan fingerprint density at radius 3 is 2.05 bits per heavy atom. The monoisotopic (exact) mass is 477 g/mol. The van der Waals surface area contributed by atoms with Crippen LogP contribution in [-0.2, 0) is 47.6 Å². The van der Waals surface area contributed by atoms with Crippen LogP contribution in [-0.4, -0.2) is 36.8 Å². The van der Waals surface area contributed by atoms with E-state index in [1.165, 1.54) is 24.1 Å². The number of hydrogen-bond donors (Lipinski definition) is 0. The summed E-state index contributed by atoms with van der Waals surface area (Å²) in [6.45, 7) is 2.08. The van der Waals surface area contributed by atoms with Gasteiger partial charge in [-0.2, -0.15) is 0 Å². The summed E-state index contributed by atoms with van der Waals surface area (Å²) in [5.74, 6) is 0.668. The van der Waals surface area contributed by atoms with E-state index in [9.17, 15) is 0 Å². The Hall–Kier alpha value is 0.420. The second-order valence-electron chi connectivity index (χ2n) is 5.10. The van der Waals surface area contributed by atoms with Crippen LogP contribution < -0.4 is 4.90 Å². The molecule has 0 spiro atoms. The average molecular weight is 477 g/mol. The van der Waals surface area contributed by atoms with Gasteiger partial charge < -0.3 is 35.1 Å². The van der Waals surface area contributed by atoms with Crippen LogP contribution in [0.15, 0.2) is 24.3 Å². The number of benzene rings is 1. The van der Waals surface area contributed by atoms with Gasteiger partial charge in [-0.25, -0.2) is 4.71 Å². The third-order valence-corrected chi connectivity index (χ3v) is 4.30. The molecule has 1 aliphatic heterocycles. The maximum absolute atomic E-state index is 5.14. The maximum atomic E-state index is 5.14. The zero-order chi connectivity index (χ0) is 13.1. The number of anilines is 1. The molecule has 2 nitrogen and oxygen atoms in total. The van der Waals surface area contributed by atoms with Crippen molar-refractivity contribution in [2.75, 3.05) is 32.1 Å². The summed E-state index contributed by atoms with van der Waals surface area (Å²) in [4.78, 5) is 4.35. The van der Waals surface area contributed by atoms with E-state index in [1.807, 2.05) is 0 Å². The zero-order valence-electron chi connectivity index (χ0n) is 11.3. The minimum atomic E-state index is -0.137. The van der Waals surface area contributed by atoms with E-state index in [-0.39, 0.29) is 27.1 Å². The number of hydrogen-bond acceptors (Lipinski definition) is 4. The summed E-state index contributed by atoms with van der Waals surface area (Å²) in [7, 11) is 4.14. The van der Waals surface area contributed by atoms with Gasteiger partial charge in [-0.15, -0.1) is 0 Å². The largest absolute Gasteiger partial charge is 0.800 e. The molecule has 1 saturated heterocycles. The molecule has 0 N–H and O–H groups in total. The molecule has 1 radical (unpaired) electrons. The summed E-state index contributed by atoms with van der Waals surface area (Å²) < 4.78 is -0.137. The van der Waals surface area contributed by atoms with Crippen LogP contribution in [0.4, 0.5) is 5.69 Å². The van der Waals surface area contributed by atoms with Crippen molar-refractivity contribution < 1.29 is 22.4 Å². The van der Waals surface area contributed by atoms with Crippen molar-refractivity contribution in [2.45, 2.75) is 23.5 Å². The molecule has 0 bridgehead atoms. The number of nitrogens with zero attached hydrogens (tertiary/aromatic N) is 2. The van der Waals surface area contributed by atoms with Gasteiger partial charge in [-0.3, -0.25) is 0 Å². The molecule has 0 amide bonds. The number of piperidine rings is 1. The van der Waals surface area contributed by atoms with Gasteiger partial charge in [0.1, 0.15) is 0 Å². The molecule has 1 aromatic rings. The summed E-state index contributed by atoms with van der Waals surface area (Å²) in [6.07, 6.45) is 2.34. The second-order valence-corrected chi connectivity index (χ2v) is 6.29. The van der Waals surface area contributed by atoms with E-state index in [4.69, 9.17) is 25.3 Å². The van der Waals surface area contributed by atoms with Crippen LogP contribution in [0.2, 0.25) is 0 Å². The first-order valence-electron chi connectivity index (χ1n) is 6.41. The van der Waals surface area contributed by atoms with Crippen molar-refractivity contribution in [1.82, 2.24) is 4.90 Å². The van der Waals surface area contributed by atoms with Crippen molar-refractivity contribution in [3.05, 3.63) is 29.8 Å². The standard InChI is InChI=1S/C14H22N2S2.Au/c1-15(2)13-5-3-11(4-6-13)12-7-9-16(10-8-12)14(17)18;/h3-6,12,14,17-18H,7-10H2,1-2H3;/p-2. The molecule has 1 heterocycles. The summed E-state index contributed by atoms with van der Waals surface area (Å²) in [5.41, 5.74) is 2.71. The summed E-state index contributed by atoms with van der Waals surface area (Å²) in [5, 5.41) is 0. The first kappa shape index (κ1) is 17.5. The summed E-state index contributed by atoms with van der Waals surface area (Å²) >= 11 is 10.3. The fourth-order valence-corrected chi connectivity index (χ4v) is 2.91. The maximum Gasteiger partial charge on any atom is 0.0361 e. The van der Waals surface area contributed by atoms with E-state index in [1.54, 1.807) is 0 Å². The molecule has 0 unspecified atom stereocenters. The predicted molar refractivity (Wildman–Crippen MR) is 82.8 cm³/mol. The Morgan fingerprint density at radius 1 is 1.11 bits per heavy atom. The van der Waals surface area contributed by atoms with Gasteiger partial charge in [0.25, 0.3) is 0 Å². The first-order valence-corrected chi connectivity index (χ1v) is 7.35. The van der Waals surface area contributed by atoms with Crippen LogP contribution in [0.3, 0.4) is 0 Å². The van der Waals surface area contributed by atoms with Crippen molar-refractivity contribution in [1.29, 1.82) is 0 Å². The third-order valence-electron chi connectivity index (χ3n) is 3.71. The van der Waals surface area contributed by atoms with Gasteiger partial charge in [-0.05, 0) is 49.5 Å². The molecule has 1 fully saturated rings. The fraction of sp³-hybridized carbons (Fsp3) is 0.571. The quantitative estimate of drug-likeness (QED) is 0.487. The van der Waals surface area contributed by atoms with E-state index in [0.29, 0.717) is 5.92 Å². The molecule has 1 aromatic carbocycles. The van der Waals surface area contributed by atoms with Crippen molar-refractivity contribution in [3.63, 3.8) is 0 Å². The molecular weight excluding hydrogens is 457 g/mol. The fourth-order valence-electron chi connectivity index (χ4n) is 2.49. The van der Waals surface area contributed by atoms with Crippen molar-refractivity contribution in [3.8, 4) is 0 Å². The molecule has 5 heteroatoms. The second kappa shape index (κ2) is 8.01. The Labute approximate surface area is 143 Å². The normalized spacial score (nSPS) is 17.3. The minimum Gasteiger partial charge on any atom is -0.800 e. The predicted octanol–water partition coefficient (Wildman–Crippen LogP) is 2.31. The van der Waals surface area contributed by atoms with Crippen molar-refractivity contribution in [2.24, 2.45) is 0 Å². The summed E-state index contributed by atoms with van der Waals surface area (Å²) in [6, 6.07) is 8.92. The Balaban J connectivity index is 0.00000180. The molecule has 111 valence electrons. The SMILES string of the molecule is CN(C)c1ccc(C2CCN(C([S-])[S-])CC2)cc1.[Au]. The Morgan fingerprint density at radius 2 is 1.63 bits per heavy atom. The first-order chi connectivity index (χ1) is 8.58. The molecule has 0 aliphatic carbocycles. The zero-order valence-corrected chi connectivity index (χ0v) is 15.1. The molecule has 2 rings (SSSR count). The number of rotatable bonds is 3. The van der Waals surface area contributed by atoms with Gasteiger partial charge in [0.2, 0.25) is 0 Å². The smallest absolute Gasteiger partial charge is 0.0361 e. The van der Waals surface area contributed by atoms with E-state index < -0.39 is 0 Å². The Kier molecular flexibility index (Phi) is 7.36. The van der Waals surface area contributed by atoms with E-state index in [2.05, 4.69) is 48.2 Å². The molecule has 0 aromatic heterocycles. The Bertz CT molecular complexity index is 374. The number of likely N-dealkylation sites (tertiary alicyclic amines) is 1. The van der Waals surface area contributed by atoms with Gasteiger partial charge in [0.15, 0.2) is 0 Å². The molecule has 0 atom stereocenters. The topological polar surface area (TPSA) is 6.48 Å². The van der Waals surface area contributed by atoms with Crippen LogP contribution in [0, 0.1) is 0 Å². The van der Waals surface area contributed by atoms with Gasteiger partial charge in [0.05, 0.1) is 0 Å². The average Bonchev–Trinajstić information content (AvgIpc) is 2.39. The minimum absolute atomic E-state index is 0. The van der Waals surface area contributed by atoms with Gasteiger partial charge >= 0.3 is 0 Å². The molecular formula is C14H20AuN2S2-2. The van der Waals surface area contributed by atoms with Crippen LogP contribution >= 0.6 is 0 Å². The third kappa shape index (κ3) is 4.73. The molecule has 0 saturated carbocycles. The van der Waals surface area contributed by atoms with Crippen LogP contribution in [0.1, 0.15) is 24.3 Å². The molecule has 19 heavy (non-hydrogen) atoms. The molecule has 1 aliphatic rings. The van der Waals surface area contributed by atoms with Crippen LogP contribution in [0.5, 0.6) is 0 Å². The van der Waals surface area contributed by atoms with Crippen molar-refractivity contribution >= 4 is 30.9 Å².